The molecule has 4 nitrogen and oxygen atoms in total. The van der Waals surface area contributed by atoms with E-state index in [1.165, 1.54) is 0 Å². The number of rotatable bonds is 7. The predicted molar refractivity (Wildman–Crippen MR) is 81.6 cm³/mol. The summed E-state index contributed by atoms with van der Waals surface area (Å²) in [5, 5.41) is 0. The molecule has 20 heavy (non-hydrogen) atoms. The molecule has 0 aromatic carbocycles. The molecule has 0 amide bonds. The van der Waals surface area contributed by atoms with E-state index in [0.717, 1.165) is 37.6 Å². The monoisotopic (exact) mass is 268 g/mol. The first-order valence-electron chi connectivity index (χ1n) is 6.85. The Morgan fingerprint density at radius 3 is 2.05 bits per heavy atom. The van der Waals surface area contributed by atoms with Crippen LogP contribution in [0.3, 0.4) is 0 Å². The van der Waals surface area contributed by atoms with Crippen molar-refractivity contribution < 1.29 is 0 Å². The molecule has 0 aliphatic carbocycles. The van der Waals surface area contributed by atoms with Gasteiger partial charge in [0, 0.05) is 32.0 Å². The molecule has 0 spiro atoms. The molecule has 2 rings (SSSR count). The Morgan fingerprint density at radius 1 is 1.00 bits per heavy atom. The first kappa shape index (κ1) is 14.3. The van der Waals surface area contributed by atoms with Crippen molar-refractivity contribution in [1.82, 2.24) is 14.9 Å². The van der Waals surface area contributed by atoms with Crippen LogP contribution in [0.15, 0.2) is 53.8 Å². The first-order chi connectivity index (χ1) is 9.88. The van der Waals surface area contributed by atoms with Gasteiger partial charge in [-0.05, 0) is 37.4 Å². The Hall–Kier alpha value is -2.07. The van der Waals surface area contributed by atoms with Gasteiger partial charge in [-0.1, -0.05) is 12.1 Å². The van der Waals surface area contributed by atoms with Crippen LogP contribution in [-0.2, 0) is 13.1 Å². The summed E-state index contributed by atoms with van der Waals surface area (Å²) in [6, 6.07) is 12.0. The van der Waals surface area contributed by atoms with Gasteiger partial charge in [-0.25, -0.2) is 0 Å². The highest BCUT2D eigenvalue weighted by atomic mass is 15.1. The summed E-state index contributed by atoms with van der Waals surface area (Å²) in [4.78, 5) is 15.4. The molecule has 0 radical (unpaired) electrons. The molecule has 0 fully saturated rings. The normalized spacial score (nSPS) is 11.3. The van der Waals surface area contributed by atoms with E-state index < -0.39 is 0 Å². The molecule has 104 valence electrons. The average Bonchev–Trinajstić information content (AvgIpc) is 2.49. The van der Waals surface area contributed by atoms with Gasteiger partial charge in [0.2, 0.25) is 0 Å². The maximum atomic E-state index is 4.39. The second-order valence-corrected chi connectivity index (χ2v) is 4.52. The molecule has 0 unspecified atom stereocenters. The van der Waals surface area contributed by atoms with Crippen molar-refractivity contribution in [2.75, 3.05) is 13.1 Å². The number of aromatic nitrogens is 2. The van der Waals surface area contributed by atoms with E-state index in [1.807, 2.05) is 49.8 Å². The van der Waals surface area contributed by atoms with Gasteiger partial charge < -0.3 is 0 Å². The van der Waals surface area contributed by atoms with Crippen LogP contribution in [0, 0.1) is 0 Å². The van der Waals surface area contributed by atoms with Crippen LogP contribution in [0.2, 0.25) is 0 Å². The predicted octanol–water partition coefficient (Wildman–Crippen LogP) is 2.57. The second-order valence-electron chi connectivity index (χ2n) is 4.52. The van der Waals surface area contributed by atoms with E-state index in [9.17, 15) is 0 Å². The summed E-state index contributed by atoms with van der Waals surface area (Å²) < 4.78 is 0. The molecule has 0 N–H and O–H groups in total. The van der Waals surface area contributed by atoms with Crippen molar-refractivity contribution in [2.45, 2.75) is 20.0 Å². The van der Waals surface area contributed by atoms with Gasteiger partial charge in [0.15, 0.2) is 0 Å². The van der Waals surface area contributed by atoms with Crippen LogP contribution < -0.4 is 0 Å². The van der Waals surface area contributed by atoms with E-state index in [4.69, 9.17) is 0 Å². The molecule has 4 heteroatoms. The van der Waals surface area contributed by atoms with Crippen LogP contribution in [-0.4, -0.2) is 34.2 Å². The number of nitrogens with zero attached hydrogens (tertiary/aromatic N) is 4. The lowest BCUT2D eigenvalue weighted by Gasteiger charge is -2.20. The van der Waals surface area contributed by atoms with Gasteiger partial charge >= 0.3 is 0 Å². The third kappa shape index (κ3) is 4.90. The minimum atomic E-state index is 0.802. The van der Waals surface area contributed by atoms with Crippen molar-refractivity contribution in [3.8, 4) is 0 Å². The zero-order valence-electron chi connectivity index (χ0n) is 11.8. The molecular weight excluding hydrogens is 248 g/mol. The van der Waals surface area contributed by atoms with E-state index in [0.29, 0.717) is 0 Å². The fourth-order valence-corrected chi connectivity index (χ4v) is 1.98. The van der Waals surface area contributed by atoms with Crippen LogP contribution >= 0.6 is 0 Å². The fraction of sp³-hybridized carbons (Fsp3) is 0.312. The smallest absolute Gasteiger partial charge is 0.0544 e. The maximum Gasteiger partial charge on any atom is 0.0544 e. The molecule has 0 saturated carbocycles. The Morgan fingerprint density at radius 2 is 1.60 bits per heavy atom. The van der Waals surface area contributed by atoms with Gasteiger partial charge in [-0.15, -0.1) is 0 Å². The standard InChI is InChI=1S/C16H20N4/c1-2-17-11-12-20(13-15-7-3-5-9-18-15)14-16-8-4-6-10-19-16/h2-10H,11-14H2,1H3/b17-2+. The summed E-state index contributed by atoms with van der Waals surface area (Å²) in [5.41, 5.74) is 2.15. The molecule has 2 aromatic rings. The van der Waals surface area contributed by atoms with Crippen LogP contribution in [0.25, 0.3) is 0 Å². The van der Waals surface area contributed by atoms with Crippen molar-refractivity contribution in [3.05, 3.63) is 60.2 Å². The third-order valence-electron chi connectivity index (χ3n) is 2.95. The lowest BCUT2D eigenvalue weighted by molar-refractivity contribution is 0.258. The van der Waals surface area contributed by atoms with Crippen LogP contribution in [0.5, 0.6) is 0 Å². The molecular formula is C16H20N4. The van der Waals surface area contributed by atoms with E-state index in [2.05, 4.69) is 32.0 Å². The lowest BCUT2D eigenvalue weighted by atomic mass is 10.3. The van der Waals surface area contributed by atoms with Gasteiger partial charge in [0.05, 0.1) is 17.9 Å². The SMILES string of the molecule is C/C=N/CCN(Cc1ccccn1)Cc1ccccn1. The van der Waals surface area contributed by atoms with Crippen molar-refractivity contribution >= 4 is 6.21 Å². The molecule has 0 aliphatic rings. The quantitative estimate of drug-likeness (QED) is 0.725. The molecule has 0 aliphatic heterocycles. The zero-order valence-corrected chi connectivity index (χ0v) is 11.8. The Balaban J connectivity index is 2.00. The fourth-order valence-electron chi connectivity index (χ4n) is 1.98. The van der Waals surface area contributed by atoms with Crippen molar-refractivity contribution in [1.29, 1.82) is 0 Å². The minimum absolute atomic E-state index is 0.802. The number of hydrogen-bond donors (Lipinski definition) is 0. The minimum Gasteiger partial charge on any atom is -0.296 e. The van der Waals surface area contributed by atoms with E-state index in [1.54, 1.807) is 0 Å². The highest BCUT2D eigenvalue weighted by Crippen LogP contribution is 2.06. The van der Waals surface area contributed by atoms with Crippen LogP contribution in [0.1, 0.15) is 18.3 Å². The topological polar surface area (TPSA) is 41.4 Å². The first-order valence-corrected chi connectivity index (χ1v) is 6.85. The average molecular weight is 268 g/mol. The summed E-state index contributed by atoms with van der Waals surface area (Å²) >= 11 is 0. The number of hydrogen-bond acceptors (Lipinski definition) is 4. The summed E-state index contributed by atoms with van der Waals surface area (Å²) in [6.45, 7) is 5.28. The Bertz CT molecular complexity index is 469. The van der Waals surface area contributed by atoms with Gasteiger partial charge in [0.1, 0.15) is 0 Å². The summed E-state index contributed by atoms with van der Waals surface area (Å²) in [6.07, 6.45) is 5.51. The van der Waals surface area contributed by atoms with Crippen molar-refractivity contribution in [3.63, 3.8) is 0 Å². The second kappa shape index (κ2) is 8.17. The molecule has 0 saturated heterocycles. The van der Waals surface area contributed by atoms with Crippen LogP contribution in [0.4, 0.5) is 0 Å². The number of aliphatic imine (C=N–C) groups is 1. The molecule has 0 bridgehead atoms. The largest absolute Gasteiger partial charge is 0.296 e. The molecule has 2 aromatic heterocycles. The molecule has 2 heterocycles. The van der Waals surface area contributed by atoms with Gasteiger partial charge in [-0.2, -0.15) is 0 Å². The van der Waals surface area contributed by atoms with E-state index in [-0.39, 0.29) is 0 Å². The highest BCUT2D eigenvalue weighted by molar-refractivity contribution is 5.53. The van der Waals surface area contributed by atoms with Gasteiger partial charge in [0.25, 0.3) is 0 Å². The lowest BCUT2D eigenvalue weighted by Crippen LogP contribution is -2.26. The van der Waals surface area contributed by atoms with E-state index >= 15 is 0 Å². The third-order valence-corrected chi connectivity index (χ3v) is 2.95. The zero-order chi connectivity index (χ0) is 14.0. The summed E-state index contributed by atoms with van der Waals surface area (Å²) in [7, 11) is 0. The summed E-state index contributed by atoms with van der Waals surface area (Å²) in [5.74, 6) is 0. The maximum absolute atomic E-state index is 4.39. The number of pyridine rings is 2. The Kier molecular flexibility index (Phi) is 5.86. The highest BCUT2D eigenvalue weighted by Gasteiger charge is 2.07. The Labute approximate surface area is 120 Å². The van der Waals surface area contributed by atoms with Crippen molar-refractivity contribution in [2.24, 2.45) is 4.99 Å². The van der Waals surface area contributed by atoms with Gasteiger partial charge in [-0.3, -0.25) is 19.9 Å². The molecule has 0 atom stereocenters.